The average Bonchev–Trinajstić information content (AvgIpc) is 2.82. The topological polar surface area (TPSA) is 58.1 Å². The number of rotatable bonds is 8. The van der Waals surface area contributed by atoms with Gasteiger partial charge in [-0.1, -0.05) is 31.1 Å². The molecular weight excluding hydrogens is 260 g/mol. The van der Waals surface area contributed by atoms with Crippen LogP contribution in [-0.4, -0.2) is 40.1 Å². The van der Waals surface area contributed by atoms with Gasteiger partial charge >= 0.3 is 0 Å². The van der Waals surface area contributed by atoms with Crippen LogP contribution in [0, 0.1) is 0 Å². The van der Waals surface area contributed by atoms with Gasteiger partial charge in [-0.05, 0) is 27.2 Å². The molecule has 0 atom stereocenters. The lowest BCUT2D eigenvalue weighted by atomic mass is 10.2. The first kappa shape index (κ1) is 15.9. The van der Waals surface area contributed by atoms with E-state index in [0.29, 0.717) is 10.1 Å². The number of amides is 1. The number of aromatic nitrogens is 2. The lowest BCUT2D eigenvalue weighted by molar-refractivity contribution is 0.0701. The molecule has 0 saturated heterocycles. The summed E-state index contributed by atoms with van der Waals surface area (Å²) in [5.74, 6) is -0.00671. The monoisotopic (exact) mass is 284 g/mol. The van der Waals surface area contributed by atoms with Crippen molar-refractivity contribution in [3.63, 3.8) is 0 Å². The number of carbonyl (C=O) groups is 1. The smallest absolute Gasteiger partial charge is 0.285 e. The van der Waals surface area contributed by atoms with Crippen molar-refractivity contribution in [3.8, 4) is 0 Å². The Morgan fingerprint density at radius 2 is 2.05 bits per heavy atom. The Morgan fingerprint density at radius 3 is 2.63 bits per heavy atom. The first-order valence-corrected chi connectivity index (χ1v) is 7.80. The zero-order chi connectivity index (χ0) is 14.3. The maximum atomic E-state index is 12.4. The van der Waals surface area contributed by atoms with Gasteiger partial charge in [0.25, 0.3) is 5.91 Å². The highest BCUT2D eigenvalue weighted by molar-refractivity contribution is 7.17. The minimum absolute atomic E-state index is 0.00671. The quantitative estimate of drug-likeness (QED) is 0.746. The fourth-order valence-electron chi connectivity index (χ4n) is 1.78. The first-order valence-electron chi connectivity index (χ1n) is 6.98. The summed E-state index contributed by atoms with van der Waals surface area (Å²) in [6, 6.07) is 0.191. The lowest BCUT2D eigenvalue weighted by Gasteiger charge is -2.25. The summed E-state index contributed by atoms with van der Waals surface area (Å²) < 4.78 is 0. The summed E-state index contributed by atoms with van der Waals surface area (Å²) in [5, 5.41) is 12.2. The van der Waals surface area contributed by atoms with Crippen molar-refractivity contribution in [1.29, 1.82) is 0 Å². The summed E-state index contributed by atoms with van der Waals surface area (Å²) in [7, 11) is 0. The molecule has 1 N–H and O–H groups in total. The van der Waals surface area contributed by atoms with E-state index in [1.807, 2.05) is 25.7 Å². The van der Waals surface area contributed by atoms with Gasteiger partial charge < -0.3 is 10.2 Å². The predicted octanol–water partition coefficient (Wildman–Crippen LogP) is 3.01. The Hall–Kier alpha value is -1.17. The molecule has 0 unspecified atom stereocenters. The predicted molar refractivity (Wildman–Crippen MR) is 79.8 cm³/mol. The van der Waals surface area contributed by atoms with Crippen molar-refractivity contribution in [3.05, 3.63) is 5.01 Å². The van der Waals surface area contributed by atoms with E-state index in [4.69, 9.17) is 0 Å². The van der Waals surface area contributed by atoms with E-state index in [9.17, 15) is 4.79 Å². The zero-order valence-electron chi connectivity index (χ0n) is 12.3. The largest absolute Gasteiger partial charge is 0.360 e. The van der Waals surface area contributed by atoms with E-state index < -0.39 is 0 Å². The second kappa shape index (κ2) is 8.09. The molecule has 108 valence electrons. The third-order valence-electron chi connectivity index (χ3n) is 2.82. The highest BCUT2D eigenvalue weighted by atomic mass is 32.1. The average molecular weight is 284 g/mol. The van der Waals surface area contributed by atoms with Crippen molar-refractivity contribution in [1.82, 2.24) is 15.1 Å². The Morgan fingerprint density at radius 1 is 1.32 bits per heavy atom. The van der Waals surface area contributed by atoms with Gasteiger partial charge in [0.1, 0.15) is 0 Å². The lowest BCUT2D eigenvalue weighted by Crippen LogP contribution is -2.37. The van der Waals surface area contributed by atoms with Crippen LogP contribution in [0.15, 0.2) is 0 Å². The van der Waals surface area contributed by atoms with E-state index in [1.54, 1.807) is 0 Å². The summed E-state index contributed by atoms with van der Waals surface area (Å²) in [4.78, 5) is 14.3. The van der Waals surface area contributed by atoms with Crippen LogP contribution in [0.4, 0.5) is 5.13 Å². The Labute approximate surface area is 119 Å². The third kappa shape index (κ3) is 4.78. The van der Waals surface area contributed by atoms with Crippen molar-refractivity contribution in [2.24, 2.45) is 0 Å². The minimum atomic E-state index is -0.00671. The van der Waals surface area contributed by atoms with E-state index in [1.165, 1.54) is 11.3 Å². The van der Waals surface area contributed by atoms with Crippen molar-refractivity contribution in [2.45, 2.75) is 53.0 Å². The molecule has 0 saturated carbocycles. The van der Waals surface area contributed by atoms with Gasteiger partial charge in [-0.2, -0.15) is 0 Å². The Kier molecular flexibility index (Phi) is 6.77. The van der Waals surface area contributed by atoms with Crippen LogP contribution in [-0.2, 0) is 0 Å². The molecule has 0 aliphatic carbocycles. The van der Waals surface area contributed by atoms with Gasteiger partial charge in [-0.25, -0.2) is 0 Å². The van der Waals surface area contributed by atoms with Crippen LogP contribution >= 0.6 is 11.3 Å². The highest BCUT2D eigenvalue weighted by Gasteiger charge is 2.22. The molecule has 0 bridgehead atoms. The molecule has 1 amide bonds. The van der Waals surface area contributed by atoms with E-state index in [2.05, 4.69) is 22.4 Å². The van der Waals surface area contributed by atoms with Crippen molar-refractivity contribution >= 4 is 22.4 Å². The van der Waals surface area contributed by atoms with Gasteiger partial charge in [0.15, 0.2) is 0 Å². The maximum absolute atomic E-state index is 12.4. The second-order valence-electron chi connectivity index (χ2n) is 4.74. The molecule has 0 aliphatic rings. The molecule has 19 heavy (non-hydrogen) atoms. The molecule has 0 fully saturated rings. The molecular formula is C13H24N4OS. The fraction of sp³-hybridized carbons (Fsp3) is 0.769. The van der Waals surface area contributed by atoms with Gasteiger partial charge in [0.05, 0.1) is 0 Å². The van der Waals surface area contributed by atoms with E-state index >= 15 is 0 Å². The molecule has 1 aromatic rings. The van der Waals surface area contributed by atoms with Gasteiger partial charge in [-0.15, -0.1) is 10.2 Å². The number of hydrogen-bond acceptors (Lipinski definition) is 5. The molecule has 1 heterocycles. The van der Waals surface area contributed by atoms with Crippen LogP contribution < -0.4 is 5.32 Å². The summed E-state index contributed by atoms with van der Waals surface area (Å²) in [6.45, 7) is 9.81. The second-order valence-corrected chi connectivity index (χ2v) is 5.72. The normalized spacial score (nSPS) is 10.8. The molecule has 1 aromatic heterocycles. The standard InChI is InChI=1S/C13H24N4OS/c1-5-7-8-9-17(10(3)4)12(18)11-15-16-13(19-11)14-6-2/h10H,5-9H2,1-4H3,(H,14,16). The Bertz CT molecular complexity index is 392. The highest BCUT2D eigenvalue weighted by Crippen LogP contribution is 2.18. The summed E-state index contributed by atoms with van der Waals surface area (Å²) in [6.07, 6.45) is 3.35. The zero-order valence-corrected chi connectivity index (χ0v) is 13.1. The summed E-state index contributed by atoms with van der Waals surface area (Å²) in [5.41, 5.74) is 0. The van der Waals surface area contributed by atoms with Crippen molar-refractivity contribution in [2.75, 3.05) is 18.4 Å². The number of carbonyl (C=O) groups excluding carboxylic acids is 1. The molecule has 1 rings (SSSR count). The number of anilines is 1. The van der Waals surface area contributed by atoms with E-state index in [-0.39, 0.29) is 11.9 Å². The molecule has 0 spiro atoms. The number of unbranched alkanes of at least 4 members (excludes halogenated alkanes) is 2. The van der Waals surface area contributed by atoms with Gasteiger partial charge in [-0.3, -0.25) is 4.79 Å². The van der Waals surface area contributed by atoms with Crippen LogP contribution in [0.1, 0.15) is 56.8 Å². The summed E-state index contributed by atoms with van der Waals surface area (Å²) >= 11 is 1.33. The van der Waals surface area contributed by atoms with Gasteiger partial charge in [0, 0.05) is 19.1 Å². The molecule has 0 radical (unpaired) electrons. The Balaban J connectivity index is 2.68. The third-order valence-corrected chi connectivity index (χ3v) is 3.69. The fourth-order valence-corrected chi connectivity index (χ4v) is 2.55. The molecule has 0 aromatic carbocycles. The molecule has 0 aliphatic heterocycles. The minimum Gasteiger partial charge on any atom is -0.360 e. The number of nitrogens with one attached hydrogen (secondary N) is 1. The van der Waals surface area contributed by atoms with Crippen molar-refractivity contribution < 1.29 is 4.79 Å². The molecule has 5 nitrogen and oxygen atoms in total. The van der Waals surface area contributed by atoms with Crippen LogP contribution in [0.2, 0.25) is 0 Å². The van der Waals surface area contributed by atoms with Crippen LogP contribution in [0.25, 0.3) is 0 Å². The van der Waals surface area contributed by atoms with Crippen LogP contribution in [0.3, 0.4) is 0 Å². The number of hydrogen-bond donors (Lipinski definition) is 1. The SMILES string of the molecule is CCCCCN(C(=O)c1nnc(NCC)s1)C(C)C. The maximum Gasteiger partial charge on any atom is 0.285 e. The van der Waals surface area contributed by atoms with Crippen LogP contribution in [0.5, 0.6) is 0 Å². The first-order chi connectivity index (χ1) is 9.10. The molecule has 6 heteroatoms. The van der Waals surface area contributed by atoms with Gasteiger partial charge in [0.2, 0.25) is 10.1 Å². The number of nitrogens with zero attached hydrogens (tertiary/aromatic N) is 3. The van der Waals surface area contributed by atoms with E-state index in [0.717, 1.165) is 32.4 Å².